The van der Waals surface area contributed by atoms with E-state index in [1.807, 2.05) is 5.10 Å². The van der Waals surface area contributed by atoms with Crippen molar-refractivity contribution in [2.75, 3.05) is 0 Å². The molecule has 0 aliphatic heterocycles. The number of alkyl halides is 3. The van der Waals surface area contributed by atoms with Gasteiger partial charge in [0.25, 0.3) is 5.56 Å². The number of Topliss-reactive ketones (excluding diaryl/α,β-unsaturated/α-hetero) is 1. The molecule has 1 aliphatic carbocycles. The van der Waals surface area contributed by atoms with Crippen molar-refractivity contribution in [3.05, 3.63) is 27.2 Å². The van der Waals surface area contributed by atoms with E-state index in [9.17, 15) is 22.8 Å². The van der Waals surface area contributed by atoms with Gasteiger partial charge >= 0.3 is 6.18 Å². The first-order chi connectivity index (χ1) is 8.71. The Bertz CT molecular complexity index is 592. The maximum Gasteiger partial charge on any atom is 0.422 e. The highest BCUT2D eigenvalue weighted by Gasteiger charge is 2.47. The summed E-state index contributed by atoms with van der Waals surface area (Å²) in [4.78, 5) is 23.3. The van der Waals surface area contributed by atoms with Gasteiger partial charge in [-0.25, -0.2) is 5.10 Å². The van der Waals surface area contributed by atoms with Crippen molar-refractivity contribution in [2.24, 2.45) is 0 Å². The van der Waals surface area contributed by atoms with Gasteiger partial charge in [-0.3, -0.25) is 9.59 Å². The zero-order valence-corrected chi connectivity index (χ0v) is 10.5. The van der Waals surface area contributed by atoms with Crippen LogP contribution in [0.4, 0.5) is 13.2 Å². The first kappa shape index (κ1) is 13.8. The number of H-pyrrole nitrogens is 1. The Morgan fingerprint density at radius 3 is 2.63 bits per heavy atom. The Labute approximate surface area is 107 Å². The first-order valence-electron chi connectivity index (χ1n) is 5.94. The largest absolute Gasteiger partial charge is 0.422 e. The van der Waals surface area contributed by atoms with Gasteiger partial charge in [-0.05, 0) is 25.3 Å². The highest BCUT2D eigenvalue weighted by molar-refractivity contribution is 5.90. The van der Waals surface area contributed by atoms with E-state index < -0.39 is 22.7 Å². The van der Waals surface area contributed by atoms with E-state index in [1.54, 1.807) is 13.8 Å². The summed E-state index contributed by atoms with van der Waals surface area (Å²) >= 11 is 0. The minimum atomic E-state index is -4.74. The van der Waals surface area contributed by atoms with Gasteiger partial charge in [-0.15, -0.1) is 0 Å². The van der Waals surface area contributed by atoms with Crippen molar-refractivity contribution >= 4 is 5.78 Å². The molecule has 104 valence electrons. The topological polar surface area (TPSA) is 62.8 Å². The van der Waals surface area contributed by atoms with Crippen molar-refractivity contribution in [1.29, 1.82) is 0 Å². The number of nitrogens with zero attached hydrogens (tertiary/aromatic N) is 1. The lowest BCUT2D eigenvalue weighted by atomic mass is 9.82. The minimum Gasteiger partial charge on any atom is -0.299 e. The van der Waals surface area contributed by atoms with E-state index >= 15 is 0 Å². The number of fused-ring (bicyclic) bond motifs is 1. The molecule has 0 spiro atoms. The zero-order chi connectivity index (χ0) is 14.4. The van der Waals surface area contributed by atoms with Crippen LogP contribution in [0.15, 0.2) is 4.79 Å². The molecule has 0 amide bonds. The molecule has 7 heteroatoms. The monoisotopic (exact) mass is 274 g/mol. The Kier molecular flexibility index (Phi) is 3.03. The van der Waals surface area contributed by atoms with E-state index in [2.05, 4.69) is 5.10 Å². The number of halogens is 3. The smallest absolute Gasteiger partial charge is 0.299 e. The average Bonchev–Trinajstić information content (AvgIpc) is 2.65. The molecule has 2 rings (SSSR count). The standard InChI is InChI=1S/C12H13F3N2O2/c1-3-7(18)11(2)5-4-6-8(12(13,14)15)10(19)17-16-9(6)11/h3-5H2,1-2H3,(H,17,19). The van der Waals surface area contributed by atoms with Crippen LogP contribution in [0.25, 0.3) is 0 Å². The molecular formula is C12H13F3N2O2. The normalized spacial score (nSPS) is 22.4. The fourth-order valence-electron chi connectivity index (χ4n) is 2.64. The van der Waals surface area contributed by atoms with Crippen LogP contribution in [0.5, 0.6) is 0 Å². The number of carbonyl (C=O) groups is 1. The van der Waals surface area contributed by atoms with Gasteiger partial charge in [-0.2, -0.15) is 18.3 Å². The Balaban J connectivity index is 2.69. The molecule has 1 aromatic rings. The fourth-order valence-corrected chi connectivity index (χ4v) is 2.64. The van der Waals surface area contributed by atoms with Crippen molar-refractivity contribution < 1.29 is 18.0 Å². The molecule has 1 unspecified atom stereocenters. The van der Waals surface area contributed by atoms with E-state index in [1.165, 1.54) is 0 Å². The SMILES string of the molecule is CCC(=O)C1(C)CCc2c1n[nH]c(=O)c2C(F)(F)F. The molecule has 4 nitrogen and oxygen atoms in total. The second-order valence-corrected chi connectivity index (χ2v) is 4.86. The molecule has 0 saturated carbocycles. The lowest BCUT2D eigenvalue weighted by Crippen LogP contribution is -2.33. The van der Waals surface area contributed by atoms with Gasteiger partial charge < -0.3 is 0 Å². The van der Waals surface area contributed by atoms with Crippen LogP contribution in [0, 0.1) is 0 Å². The third kappa shape index (κ3) is 1.97. The lowest BCUT2D eigenvalue weighted by molar-refractivity contribution is -0.139. The first-order valence-corrected chi connectivity index (χ1v) is 5.94. The molecular weight excluding hydrogens is 261 g/mol. The second kappa shape index (κ2) is 4.18. The van der Waals surface area contributed by atoms with Gasteiger partial charge in [0.2, 0.25) is 0 Å². The number of hydrogen-bond acceptors (Lipinski definition) is 3. The lowest BCUT2D eigenvalue weighted by Gasteiger charge is -2.21. The Hall–Kier alpha value is -1.66. The van der Waals surface area contributed by atoms with E-state index in [4.69, 9.17) is 0 Å². The molecule has 1 N–H and O–H groups in total. The summed E-state index contributed by atoms with van der Waals surface area (Å²) in [6.45, 7) is 3.23. The minimum absolute atomic E-state index is 0.0450. The maximum absolute atomic E-state index is 12.9. The summed E-state index contributed by atoms with van der Waals surface area (Å²) in [5, 5.41) is 5.56. The molecule has 0 radical (unpaired) electrons. The zero-order valence-electron chi connectivity index (χ0n) is 10.5. The molecule has 1 atom stereocenters. The number of aromatic nitrogens is 2. The maximum atomic E-state index is 12.9. The number of carbonyl (C=O) groups excluding carboxylic acids is 1. The van der Waals surface area contributed by atoms with Crippen LogP contribution in [0.1, 0.15) is 43.5 Å². The van der Waals surface area contributed by atoms with E-state index in [-0.39, 0.29) is 36.3 Å². The van der Waals surface area contributed by atoms with Crippen LogP contribution in [0.2, 0.25) is 0 Å². The number of nitrogens with one attached hydrogen (secondary N) is 1. The molecule has 1 aromatic heterocycles. The summed E-state index contributed by atoms with van der Waals surface area (Å²) in [6, 6.07) is 0. The van der Waals surface area contributed by atoms with Gasteiger partial charge in [0.1, 0.15) is 11.3 Å². The number of rotatable bonds is 2. The van der Waals surface area contributed by atoms with Crippen molar-refractivity contribution in [1.82, 2.24) is 10.2 Å². The summed E-state index contributed by atoms with van der Waals surface area (Å²) in [5.74, 6) is -0.168. The van der Waals surface area contributed by atoms with Crippen molar-refractivity contribution in [2.45, 2.75) is 44.7 Å². The van der Waals surface area contributed by atoms with Crippen LogP contribution in [0.3, 0.4) is 0 Å². The van der Waals surface area contributed by atoms with Crippen LogP contribution in [-0.2, 0) is 22.8 Å². The molecule has 19 heavy (non-hydrogen) atoms. The van der Waals surface area contributed by atoms with Crippen LogP contribution in [-0.4, -0.2) is 16.0 Å². The predicted octanol–water partition coefficient (Wildman–Crippen LogP) is 1.97. The highest BCUT2D eigenvalue weighted by Crippen LogP contribution is 2.42. The molecule has 0 saturated heterocycles. The van der Waals surface area contributed by atoms with Crippen molar-refractivity contribution in [3.8, 4) is 0 Å². The van der Waals surface area contributed by atoms with Crippen LogP contribution < -0.4 is 5.56 Å². The number of hydrogen-bond donors (Lipinski definition) is 1. The fraction of sp³-hybridized carbons (Fsp3) is 0.583. The molecule has 1 aliphatic rings. The van der Waals surface area contributed by atoms with Crippen molar-refractivity contribution in [3.63, 3.8) is 0 Å². The average molecular weight is 274 g/mol. The van der Waals surface area contributed by atoms with Gasteiger partial charge in [0.15, 0.2) is 0 Å². The summed E-state index contributed by atoms with van der Waals surface area (Å²) in [5.41, 5.74) is -3.58. The number of ketones is 1. The van der Waals surface area contributed by atoms with Gasteiger partial charge in [0, 0.05) is 6.42 Å². The Morgan fingerprint density at radius 1 is 1.47 bits per heavy atom. The molecule has 0 fully saturated rings. The van der Waals surface area contributed by atoms with Gasteiger partial charge in [-0.1, -0.05) is 6.92 Å². The second-order valence-electron chi connectivity index (χ2n) is 4.86. The highest BCUT2D eigenvalue weighted by atomic mass is 19.4. The van der Waals surface area contributed by atoms with E-state index in [0.717, 1.165) is 0 Å². The summed E-state index contributed by atoms with van der Waals surface area (Å²) < 4.78 is 38.7. The quantitative estimate of drug-likeness (QED) is 0.896. The van der Waals surface area contributed by atoms with E-state index in [0.29, 0.717) is 0 Å². The number of aromatic amines is 1. The predicted molar refractivity (Wildman–Crippen MR) is 60.8 cm³/mol. The summed E-state index contributed by atoms with van der Waals surface area (Å²) in [7, 11) is 0. The molecule has 1 heterocycles. The molecule has 0 aromatic carbocycles. The molecule has 0 bridgehead atoms. The Morgan fingerprint density at radius 2 is 2.11 bits per heavy atom. The summed E-state index contributed by atoms with van der Waals surface area (Å²) in [6.07, 6.45) is -4.22. The third-order valence-electron chi connectivity index (χ3n) is 3.70. The van der Waals surface area contributed by atoms with Gasteiger partial charge in [0.05, 0.1) is 11.1 Å². The third-order valence-corrected chi connectivity index (χ3v) is 3.70. The van der Waals surface area contributed by atoms with Crippen LogP contribution >= 0.6 is 0 Å².